The predicted octanol–water partition coefficient (Wildman–Crippen LogP) is 3.22. The number of aromatic amines is 1. The van der Waals surface area contributed by atoms with E-state index in [9.17, 15) is 9.59 Å². The smallest absolute Gasteiger partial charge is 0.310 e. The Balaban J connectivity index is 2.34. The van der Waals surface area contributed by atoms with E-state index < -0.39 is 5.97 Å². The monoisotopic (exact) mass is 307 g/mol. The summed E-state index contributed by atoms with van der Waals surface area (Å²) >= 11 is 0. The fourth-order valence-electron chi connectivity index (χ4n) is 2.72. The maximum absolute atomic E-state index is 12.5. The van der Waals surface area contributed by atoms with Crippen LogP contribution in [0.2, 0.25) is 0 Å². The van der Waals surface area contributed by atoms with Crippen LogP contribution in [0, 0.1) is 6.92 Å². The number of aromatic nitrogens is 1. The molecule has 1 aromatic heterocycles. The van der Waals surface area contributed by atoms with E-state index >= 15 is 0 Å². The van der Waals surface area contributed by atoms with Crippen LogP contribution in [0.3, 0.4) is 0 Å². The Morgan fingerprint density at radius 3 is 2.48 bits per heavy atom. The lowest BCUT2D eigenvalue weighted by molar-refractivity contribution is -0.139. The summed E-state index contributed by atoms with van der Waals surface area (Å²) in [7, 11) is 1.32. The maximum atomic E-state index is 12.5. The third-order valence-corrected chi connectivity index (χ3v) is 3.91. The molecule has 0 saturated carbocycles. The third-order valence-electron chi connectivity index (χ3n) is 3.91. The number of benzene rings is 2. The number of hydrogen-bond acceptors (Lipinski definition) is 3. The number of rotatable bonds is 3. The minimum atomic E-state index is -0.431. The molecule has 0 fully saturated rings. The highest BCUT2D eigenvalue weighted by molar-refractivity contribution is 5.97. The molecule has 4 nitrogen and oxygen atoms in total. The molecule has 0 aliphatic carbocycles. The Labute approximate surface area is 133 Å². The Morgan fingerprint density at radius 2 is 1.78 bits per heavy atom. The highest BCUT2D eigenvalue weighted by atomic mass is 16.5. The van der Waals surface area contributed by atoms with Crippen LogP contribution in [-0.4, -0.2) is 18.1 Å². The van der Waals surface area contributed by atoms with Gasteiger partial charge in [-0.2, -0.15) is 0 Å². The highest BCUT2D eigenvalue weighted by Crippen LogP contribution is 2.30. The number of para-hydroxylation sites is 1. The second-order valence-corrected chi connectivity index (χ2v) is 5.47. The molecule has 1 heterocycles. The molecule has 2 aromatic carbocycles. The van der Waals surface area contributed by atoms with Crippen molar-refractivity contribution in [3.63, 3.8) is 0 Å². The van der Waals surface area contributed by atoms with Crippen molar-refractivity contribution < 1.29 is 9.53 Å². The zero-order chi connectivity index (χ0) is 16.4. The molecule has 23 heavy (non-hydrogen) atoms. The summed E-state index contributed by atoms with van der Waals surface area (Å²) in [6.45, 7) is 2.01. The summed E-state index contributed by atoms with van der Waals surface area (Å²) in [4.78, 5) is 27.1. The van der Waals surface area contributed by atoms with Gasteiger partial charge in [-0.05, 0) is 18.6 Å². The van der Waals surface area contributed by atoms with E-state index in [1.807, 2.05) is 55.5 Å². The number of carbonyl (C=O) groups is 1. The van der Waals surface area contributed by atoms with E-state index in [2.05, 4.69) is 4.98 Å². The third kappa shape index (κ3) is 2.88. The Kier molecular flexibility index (Phi) is 3.98. The van der Waals surface area contributed by atoms with Gasteiger partial charge in [0.15, 0.2) is 0 Å². The van der Waals surface area contributed by atoms with Crippen molar-refractivity contribution in [2.75, 3.05) is 7.11 Å². The van der Waals surface area contributed by atoms with Gasteiger partial charge in [0.25, 0.3) is 5.56 Å². The van der Waals surface area contributed by atoms with Gasteiger partial charge in [-0.1, -0.05) is 48.0 Å². The van der Waals surface area contributed by atoms with Crippen LogP contribution < -0.4 is 5.56 Å². The summed E-state index contributed by atoms with van der Waals surface area (Å²) in [6, 6.07) is 15.5. The molecule has 0 radical (unpaired) electrons. The molecule has 116 valence electrons. The second kappa shape index (κ2) is 6.08. The summed E-state index contributed by atoms with van der Waals surface area (Å²) < 4.78 is 4.74. The molecule has 0 atom stereocenters. The molecule has 4 heteroatoms. The van der Waals surface area contributed by atoms with Gasteiger partial charge in [0, 0.05) is 22.0 Å². The molecule has 3 aromatic rings. The van der Waals surface area contributed by atoms with E-state index in [0.717, 1.165) is 27.6 Å². The number of H-pyrrole nitrogens is 1. The molecule has 0 unspecified atom stereocenters. The summed E-state index contributed by atoms with van der Waals surface area (Å²) in [5.41, 5.74) is 3.76. The number of aryl methyl sites for hydroxylation is 1. The standard InChI is InChI=1S/C19H17NO3/c1-12-7-9-13(10-8-12)18-14-5-3-4-6-16(14)20-19(22)15(18)11-17(21)23-2/h3-10H,11H2,1-2H3,(H,20,22). The number of nitrogens with one attached hydrogen (secondary N) is 1. The number of carbonyl (C=O) groups excluding carboxylic acids is 1. The Bertz CT molecular complexity index is 923. The lowest BCUT2D eigenvalue weighted by atomic mass is 9.94. The van der Waals surface area contributed by atoms with Crippen molar-refractivity contribution >= 4 is 16.9 Å². The topological polar surface area (TPSA) is 59.2 Å². The maximum Gasteiger partial charge on any atom is 0.310 e. The largest absolute Gasteiger partial charge is 0.469 e. The lowest BCUT2D eigenvalue weighted by Crippen LogP contribution is -2.19. The average molecular weight is 307 g/mol. The fraction of sp³-hybridized carbons (Fsp3) is 0.158. The SMILES string of the molecule is COC(=O)Cc1c(-c2ccc(C)cc2)c2ccccc2[nH]c1=O. The van der Waals surface area contributed by atoms with E-state index in [0.29, 0.717) is 5.56 Å². The van der Waals surface area contributed by atoms with Gasteiger partial charge in [0.05, 0.1) is 13.5 Å². The Morgan fingerprint density at radius 1 is 1.09 bits per heavy atom. The van der Waals surface area contributed by atoms with Crippen LogP contribution in [0.1, 0.15) is 11.1 Å². The van der Waals surface area contributed by atoms with Crippen LogP contribution in [-0.2, 0) is 16.0 Å². The molecule has 3 rings (SSSR count). The van der Waals surface area contributed by atoms with Gasteiger partial charge >= 0.3 is 5.97 Å². The second-order valence-electron chi connectivity index (χ2n) is 5.47. The van der Waals surface area contributed by atoms with Gasteiger partial charge in [-0.25, -0.2) is 0 Å². The molecular formula is C19H17NO3. The summed E-state index contributed by atoms with van der Waals surface area (Å²) in [5.74, 6) is -0.431. The van der Waals surface area contributed by atoms with E-state index in [1.54, 1.807) is 0 Å². The van der Waals surface area contributed by atoms with E-state index in [-0.39, 0.29) is 12.0 Å². The van der Waals surface area contributed by atoms with Gasteiger partial charge in [-0.3, -0.25) is 9.59 Å². The summed E-state index contributed by atoms with van der Waals surface area (Å²) in [5, 5.41) is 0.912. The highest BCUT2D eigenvalue weighted by Gasteiger charge is 2.17. The zero-order valence-corrected chi connectivity index (χ0v) is 13.1. The minimum absolute atomic E-state index is 0.0557. The number of pyridine rings is 1. The average Bonchev–Trinajstić information content (AvgIpc) is 2.56. The normalized spacial score (nSPS) is 10.7. The molecule has 0 spiro atoms. The van der Waals surface area contributed by atoms with Gasteiger partial charge in [0.2, 0.25) is 0 Å². The van der Waals surface area contributed by atoms with Crippen molar-refractivity contribution in [2.24, 2.45) is 0 Å². The van der Waals surface area contributed by atoms with Crippen LogP contribution >= 0.6 is 0 Å². The first-order valence-electron chi connectivity index (χ1n) is 7.38. The quantitative estimate of drug-likeness (QED) is 0.756. The van der Waals surface area contributed by atoms with Gasteiger partial charge < -0.3 is 9.72 Å². The van der Waals surface area contributed by atoms with Crippen molar-refractivity contribution in [1.82, 2.24) is 4.98 Å². The first-order chi connectivity index (χ1) is 11.1. The van der Waals surface area contributed by atoms with E-state index in [1.165, 1.54) is 7.11 Å². The van der Waals surface area contributed by atoms with Crippen molar-refractivity contribution in [1.29, 1.82) is 0 Å². The minimum Gasteiger partial charge on any atom is -0.469 e. The number of esters is 1. The predicted molar refractivity (Wildman–Crippen MR) is 90.5 cm³/mol. The first-order valence-corrected chi connectivity index (χ1v) is 7.38. The zero-order valence-electron chi connectivity index (χ0n) is 13.1. The molecule has 0 aliphatic heterocycles. The Hall–Kier alpha value is -2.88. The van der Waals surface area contributed by atoms with Crippen molar-refractivity contribution in [2.45, 2.75) is 13.3 Å². The van der Waals surface area contributed by atoms with Crippen molar-refractivity contribution in [3.05, 3.63) is 70.0 Å². The number of ether oxygens (including phenoxy) is 1. The number of hydrogen-bond donors (Lipinski definition) is 1. The molecule has 1 N–H and O–H groups in total. The van der Waals surface area contributed by atoms with Crippen LogP contribution in [0.25, 0.3) is 22.0 Å². The summed E-state index contributed by atoms with van der Waals surface area (Å²) in [6.07, 6.45) is -0.0557. The molecule has 0 amide bonds. The van der Waals surface area contributed by atoms with Crippen LogP contribution in [0.5, 0.6) is 0 Å². The molecule has 0 bridgehead atoms. The fourth-order valence-corrected chi connectivity index (χ4v) is 2.72. The molecular weight excluding hydrogens is 290 g/mol. The van der Waals surface area contributed by atoms with Crippen molar-refractivity contribution in [3.8, 4) is 11.1 Å². The van der Waals surface area contributed by atoms with Crippen LogP contribution in [0.4, 0.5) is 0 Å². The van der Waals surface area contributed by atoms with Crippen LogP contribution in [0.15, 0.2) is 53.3 Å². The van der Waals surface area contributed by atoms with Gasteiger partial charge in [0.1, 0.15) is 0 Å². The number of methoxy groups -OCH3 is 1. The number of fused-ring (bicyclic) bond motifs is 1. The van der Waals surface area contributed by atoms with Gasteiger partial charge in [-0.15, -0.1) is 0 Å². The molecule has 0 aliphatic rings. The lowest BCUT2D eigenvalue weighted by Gasteiger charge is -2.12. The first kappa shape index (κ1) is 15.0. The van der Waals surface area contributed by atoms with E-state index in [4.69, 9.17) is 4.74 Å². The molecule has 0 saturated heterocycles.